The zero-order valence-electron chi connectivity index (χ0n) is 14.8. The predicted molar refractivity (Wildman–Crippen MR) is 93.6 cm³/mol. The van der Waals surface area contributed by atoms with Crippen molar-refractivity contribution in [2.24, 2.45) is 5.41 Å². The number of aromatic nitrogens is 3. The van der Waals surface area contributed by atoms with Gasteiger partial charge in [-0.3, -0.25) is 14.7 Å². The average molecular weight is 357 g/mol. The first-order valence-corrected chi connectivity index (χ1v) is 8.98. The number of nitrogens with zero attached hydrogens (tertiary/aromatic N) is 5. The number of aliphatic carboxylic acids is 1. The Morgan fingerprint density at radius 3 is 3.00 bits per heavy atom. The lowest BCUT2D eigenvalue weighted by molar-refractivity contribution is -0.158. The minimum absolute atomic E-state index is 0.0151. The molecule has 0 aliphatic carbocycles. The number of fused-ring (bicyclic) bond motifs is 1. The SMILES string of the molecule is Cc1nc(CN2CCC[C@]3(C(=O)O)CN(c4cnccn4)CC[C@@H]23)co1. The molecule has 2 fully saturated rings. The van der Waals surface area contributed by atoms with Gasteiger partial charge in [0.2, 0.25) is 0 Å². The van der Waals surface area contributed by atoms with E-state index in [1.165, 1.54) is 0 Å². The number of hydrogen-bond acceptors (Lipinski definition) is 7. The molecule has 2 aliphatic heterocycles. The Labute approximate surface area is 151 Å². The molecule has 2 aliphatic rings. The van der Waals surface area contributed by atoms with Crippen molar-refractivity contribution in [1.29, 1.82) is 0 Å². The second-order valence-corrected chi connectivity index (χ2v) is 7.18. The van der Waals surface area contributed by atoms with Gasteiger partial charge < -0.3 is 14.4 Å². The van der Waals surface area contributed by atoms with Crippen LogP contribution in [0.1, 0.15) is 30.8 Å². The van der Waals surface area contributed by atoms with Crippen LogP contribution in [0.5, 0.6) is 0 Å². The molecule has 0 radical (unpaired) electrons. The number of hydrogen-bond donors (Lipinski definition) is 1. The van der Waals surface area contributed by atoms with Gasteiger partial charge in [-0.15, -0.1) is 0 Å². The zero-order valence-corrected chi connectivity index (χ0v) is 14.8. The molecule has 0 amide bonds. The maximum atomic E-state index is 12.4. The van der Waals surface area contributed by atoms with E-state index in [2.05, 4.69) is 24.8 Å². The fourth-order valence-electron chi connectivity index (χ4n) is 4.46. The molecule has 26 heavy (non-hydrogen) atoms. The van der Waals surface area contributed by atoms with E-state index in [0.717, 1.165) is 37.4 Å². The standard InChI is InChI=1S/C18H23N5O3/c1-13-21-14(11-26-13)10-22-7-2-4-18(17(24)25)12-23(8-3-15(18)22)16-9-19-5-6-20-16/h5-6,9,11,15H,2-4,7-8,10,12H2,1H3,(H,24,25)/t15-,18+/m1/s1. The molecule has 4 heterocycles. The quantitative estimate of drug-likeness (QED) is 0.884. The smallest absolute Gasteiger partial charge is 0.313 e. The van der Waals surface area contributed by atoms with Crippen molar-refractivity contribution in [2.75, 3.05) is 24.5 Å². The second-order valence-electron chi connectivity index (χ2n) is 7.18. The van der Waals surface area contributed by atoms with Crippen LogP contribution in [-0.4, -0.2) is 56.6 Å². The lowest BCUT2D eigenvalue weighted by atomic mass is 9.69. The Hall–Kier alpha value is -2.48. The van der Waals surface area contributed by atoms with Crippen molar-refractivity contribution < 1.29 is 14.3 Å². The van der Waals surface area contributed by atoms with Gasteiger partial charge in [-0.25, -0.2) is 9.97 Å². The number of piperidine rings is 2. The first kappa shape index (κ1) is 17.0. The molecular formula is C18H23N5O3. The molecule has 1 N–H and O–H groups in total. The molecule has 0 unspecified atom stereocenters. The molecule has 2 saturated heterocycles. The van der Waals surface area contributed by atoms with Gasteiger partial charge >= 0.3 is 5.97 Å². The molecule has 0 saturated carbocycles. The van der Waals surface area contributed by atoms with E-state index in [-0.39, 0.29) is 6.04 Å². The fraction of sp³-hybridized carbons (Fsp3) is 0.556. The number of carboxylic acids is 1. The van der Waals surface area contributed by atoms with E-state index in [1.54, 1.807) is 24.9 Å². The highest BCUT2D eigenvalue weighted by Gasteiger charge is 2.53. The van der Waals surface area contributed by atoms with Gasteiger partial charge in [0.1, 0.15) is 17.5 Å². The summed E-state index contributed by atoms with van der Waals surface area (Å²) >= 11 is 0. The summed E-state index contributed by atoms with van der Waals surface area (Å²) < 4.78 is 5.31. The molecule has 4 rings (SSSR count). The molecule has 8 nitrogen and oxygen atoms in total. The zero-order chi connectivity index (χ0) is 18.1. The molecular weight excluding hydrogens is 334 g/mol. The van der Waals surface area contributed by atoms with Crippen LogP contribution in [-0.2, 0) is 11.3 Å². The van der Waals surface area contributed by atoms with Crippen LogP contribution in [0.2, 0.25) is 0 Å². The average Bonchev–Trinajstić information content (AvgIpc) is 3.07. The maximum Gasteiger partial charge on any atom is 0.313 e. The minimum atomic E-state index is -0.799. The highest BCUT2D eigenvalue weighted by atomic mass is 16.4. The molecule has 8 heteroatoms. The van der Waals surface area contributed by atoms with Crippen molar-refractivity contribution in [3.8, 4) is 0 Å². The summed E-state index contributed by atoms with van der Waals surface area (Å²) in [5.74, 6) is 0.659. The summed E-state index contributed by atoms with van der Waals surface area (Å²) in [4.78, 5) is 29.6. The normalized spacial score (nSPS) is 26.5. The van der Waals surface area contributed by atoms with Crippen LogP contribution in [0.4, 0.5) is 5.82 Å². The van der Waals surface area contributed by atoms with Crippen LogP contribution in [0.15, 0.2) is 29.3 Å². The minimum Gasteiger partial charge on any atom is -0.481 e. The lowest BCUT2D eigenvalue weighted by Gasteiger charge is -2.53. The van der Waals surface area contributed by atoms with E-state index in [0.29, 0.717) is 25.4 Å². The first-order valence-electron chi connectivity index (χ1n) is 8.98. The summed E-state index contributed by atoms with van der Waals surface area (Å²) in [6, 6.07) is -0.0151. The topological polar surface area (TPSA) is 95.6 Å². The highest BCUT2D eigenvalue weighted by Crippen LogP contribution is 2.43. The van der Waals surface area contributed by atoms with Crippen molar-refractivity contribution in [3.63, 3.8) is 0 Å². The molecule has 0 bridgehead atoms. The van der Waals surface area contributed by atoms with E-state index in [9.17, 15) is 9.90 Å². The monoisotopic (exact) mass is 357 g/mol. The third kappa shape index (κ3) is 2.94. The third-order valence-corrected chi connectivity index (χ3v) is 5.62. The highest BCUT2D eigenvalue weighted by molar-refractivity contribution is 5.77. The van der Waals surface area contributed by atoms with Gasteiger partial charge in [0.15, 0.2) is 5.89 Å². The van der Waals surface area contributed by atoms with Crippen LogP contribution >= 0.6 is 0 Å². The molecule has 0 aromatic carbocycles. The van der Waals surface area contributed by atoms with E-state index in [1.807, 2.05) is 6.92 Å². The van der Waals surface area contributed by atoms with E-state index >= 15 is 0 Å². The van der Waals surface area contributed by atoms with Crippen molar-refractivity contribution in [2.45, 2.75) is 38.8 Å². The number of anilines is 1. The lowest BCUT2D eigenvalue weighted by Crippen LogP contribution is -2.64. The van der Waals surface area contributed by atoms with Crippen LogP contribution in [0, 0.1) is 12.3 Å². The second kappa shape index (κ2) is 6.68. The van der Waals surface area contributed by atoms with Crippen molar-refractivity contribution in [3.05, 3.63) is 36.4 Å². The van der Waals surface area contributed by atoms with Gasteiger partial charge in [0.25, 0.3) is 0 Å². The number of carboxylic acid groups (broad SMARTS) is 1. The molecule has 2 atom stereocenters. The van der Waals surface area contributed by atoms with E-state index in [4.69, 9.17) is 4.42 Å². The predicted octanol–water partition coefficient (Wildman–Crippen LogP) is 1.72. The Morgan fingerprint density at radius 1 is 1.42 bits per heavy atom. The number of oxazole rings is 1. The van der Waals surface area contributed by atoms with Gasteiger partial charge in [0.05, 0.1) is 11.9 Å². The summed E-state index contributed by atoms with van der Waals surface area (Å²) in [5.41, 5.74) is 0.0623. The van der Waals surface area contributed by atoms with Gasteiger partial charge in [0, 0.05) is 45.0 Å². The van der Waals surface area contributed by atoms with Crippen molar-refractivity contribution >= 4 is 11.8 Å². The van der Waals surface area contributed by atoms with Crippen LogP contribution in [0.25, 0.3) is 0 Å². The number of likely N-dealkylation sites (tertiary alicyclic amines) is 1. The van der Waals surface area contributed by atoms with Crippen LogP contribution < -0.4 is 4.90 Å². The summed E-state index contributed by atoms with van der Waals surface area (Å²) in [6.07, 6.45) is 8.96. The van der Waals surface area contributed by atoms with Gasteiger partial charge in [-0.2, -0.15) is 0 Å². The Balaban J connectivity index is 1.59. The first-order chi connectivity index (χ1) is 12.6. The number of carbonyl (C=O) groups is 1. The Bertz CT molecular complexity index is 780. The van der Waals surface area contributed by atoms with Crippen LogP contribution in [0.3, 0.4) is 0 Å². The Morgan fingerprint density at radius 2 is 2.31 bits per heavy atom. The van der Waals surface area contributed by atoms with Gasteiger partial charge in [-0.05, 0) is 25.8 Å². The van der Waals surface area contributed by atoms with E-state index < -0.39 is 11.4 Å². The van der Waals surface area contributed by atoms with Crippen molar-refractivity contribution in [1.82, 2.24) is 19.9 Å². The third-order valence-electron chi connectivity index (χ3n) is 5.62. The molecule has 138 valence electrons. The number of aryl methyl sites for hydroxylation is 1. The molecule has 2 aromatic heterocycles. The summed E-state index contributed by atoms with van der Waals surface area (Å²) in [5, 5.41) is 10.2. The Kier molecular flexibility index (Phi) is 4.36. The maximum absolute atomic E-state index is 12.4. The summed E-state index contributed by atoms with van der Waals surface area (Å²) in [7, 11) is 0. The number of rotatable bonds is 4. The molecule has 0 spiro atoms. The fourth-order valence-corrected chi connectivity index (χ4v) is 4.46. The van der Waals surface area contributed by atoms with Gasteiger partial charge in [-0.1, -0.05) is 0 Å². The summed E-state index contributed by atoms with van der Waals surface area (Å²) in [6.45, 7) is 4.56. The molecule has 2 aromatic rings. The largest absolute Gasteiger partial charge is 0.481 e.